The van der Waals surface area contributed by atoms with Gasteiger partial charge in [0.15, 0.2) is 0 Å². The molecule has 0 atom stereocenters. The maximum atomic E-state index is 9.49. The molecule has 0 aliphatic rings. The SMILES string of the molecule is NO[S](=O)(=O)[Ni]. The van der Waals surface area contributed by atoms with Gasteiger partial charge in [0.05, 0.1) is 0 Å². The van der Waals surface area contributed by atoms with Gasteiger partial charge in [-0.3, -0.25) is 0 Å². The first-order valence-corrected chi connectivity index (χ1v) is 3.33. The molecule has 0 rings (SSSR count). The monoisotopic (exact) mass is 154 g/mol. The summed E-state index contributed by atoms with van der Waals surface area (Å²) in [5.41, 5.74) is 0. The molecule has 0 saturated heterocycles. The molecule has 6 heavy (non-hydrogen) atoms. The summed E-state index contributed by atoms with van der Waals surface area (Å²) in [7, 11) is -3.76. The third-order valence-electron chi connectivity index (χ3n) is 0.109. The van der Waals surface area contributed by atoms with Crippen LogP contribution in [0.15, 0.2) is 0 Å². The van der Waals surface area contributed by atoms with E-state index in [1.807, 2.05) is 0 Å². The van der Waals surface area contributed by atoms with Crippen LogP contribution in [0.1, 0.15) is 0 Å². The normalized spacial score (nSPS) is 11.8. The van der Waals surface area contributed by atoms with Crippen molar-refractivity contribution in [2.24, 2.45) is 5.90 Å². The van der Waals surface area contributed by atoms with Crippen molar-refractivity contribution in [1.82, 2.24) is 0 Å². The predicted molar refractivity (Wildman–Crippen MR) is 14.2 cm³/mol. The molecule has 4 nitrogen and oxygen atoms in total. The summed E-state index contributed by atoms with van der Waals surface area (Å²) < 4.78 is 22.2. The first-order chi connectivity index (χ1) is 2.56. The summed E-state index contributed by atoms with van der Waals surface area (Å²) in [4.78, 5) is 0. The van der Waals surface area contributed by atoms with E-state index in [-0.39, 0.29) is 0 Å². The van der Waals surface area contributed by atoms with Gasteiger partial charge in [0.2, 0.25) is 0 Å². The molecule has 0 aliphatic heterocycles. The third kappa shape index (κ3) is 4.36. The molecule has 0 aromatic carbocycles. The number of hydrogen-bond donors (Lipinski definition) is 1. The van der Waals surface area contributed by atoms with E-state index < -0.39 is 8.64 Å². The Bertz CT molecular complexity index is 113. The Balaban J connectivity index is 3.85. The van der Waals surface area contributed by atoms with Gasteiger partial charge in [-0.05, 0) is 0 Å². The standard InChI is InChI=1S/H2NO3S.Ni/c1-4-5(2)3;/h1H2;. The molecular weight excluding hydrogens is 153 g/mol. The summed E-state index contributed by atoms with van der Waals surface area (Å²) in [6, 6.07) is 0. The van der Waals surface area contributed by atoms with Crippen LogP contribution in [0.3, 0.4) is 0 Å². The van der Waals surface area contributed by atoms with Crippen molar-refractivity contribution in [2.45, 2.75) is 0 Å². The van der Waals surface area contributed by atoms with E-state index in [1.165, 1.54) is 0 Å². The Hall–Kier alpha value is 0.364. The molecule has 0 heterocycles. The van der Waals surface area contributed by atoms with Crippen molar-refractivity contribution in [1.29, 1.82) is 0 Å². The fraction of sp³-hybridized carbons (Fsp3) is 0. The Morgan fingerprint density at radius 1 is 1.67 bits per heavy atom. The summed E-state index contributed by atoms with van der Waals surface area (Å²) in [6.07, 6.45) is 0. The Morgan fingerprint density at radius 2 is 1.83 bits per heavy atom. The second-order valence-corrected chi connectivity index (χ2v) is 2.86. The molecule has 0 amide bonds. The first-order valence-electron chi connectivity index (χ1n) is 0.865. The van der Waals surface area contributed by atoms with E-state index in [0.29, 0.717) is 0 Å². The number of hydrogen-bond acceptors (Lipinski definition) is 4. The molecule has 0 fully saturated rings. The molecule has 0 bridgehead atoms. The van der Waals surface area contributed by atoms with Crippen LogP contribution in [-0.4, -0.2) is 8.42 Å². The van der Waals surface area contributed by atoms with Crippen molar-refractivity contribution in [2.75, 3.05) is 0 Å². The van der Waals surface area contributed by atoms with Crippen LogP contribution >= 0.6 is 0 Å². The summed E-state index contributed by atoms with van der Waals surface area (Å²) >= 11 is 3.34. The summed E-state index contributed by atoms with van der Waals surface area (Å²) in [5.74, 6) is 4.12. The van der Waals surface area contributed by atoms with Gasteiger partial charge in [0.25, 0.3) is 0 Å². The van der Waals surface area contributed by atoms with Gasteiger partial charge >= 0.3 is 41.6 Å². The van der Waals surface area contributed by atoms with E-state index >= 15 is 0 Å². The van der Waals surface area contributed by atoms with Crippen LogP contribution in [0.4, 0.5) is 0 Å². The molecule has 0 aliphatic carbocycles. The van der Waals surface area contributed by atoms with E-state index in [0.717, 1.165) is 0 Å². The molecule has 0 unspecified atom stereocenters. The molecular formula is H2NNiO3S. The second-order valence-electron chi connectivity index (χ2n) is 0.458. The van der Waals surface area contributed by atoms with E-state index in [9.17, 15) is 8.42 Å². The molecule has 2 N–H and O–H groups in total. The Labute approximate surface area is 42.2 Å². The van der Waals surface area contributed by atoms with E-state index in [4.69, 9.17) is 0 Å². The van der Waals surface area contributed by atoms with Crippen LogP contribution < -0.4 is 5.90 Å². The topological polar surface area (TPSA) is 69.4 Å². The van der Waals surface area contributed by atoms with Gasteiger partial charge in [0, 0.05) is 0 Å². The minimum absolute atomic E-state index is 3.24. The Morgan fingerprint density at radius 3 is 1.83 bits per heavy atom. The van der Waals surface area contributed by atoms with E-state index in [1.54, 1.807) is 0 Å². The number of rotatable bonds is 1. The zero-order chi connectivity index (χ0) is 5.21. The Kier molecular flexibility index (Phi) is 2.00. The van der Waals surface area contributed by atoms with Crippen molar-refractivity contribution in [3.63, 3.8) is 0 Å². The fourth-order valence-electron chi connectivity index (χ4n) is 0. The molecule has 0 aromatic heterocycles. The van der Waals surface area contributed by atoms with Crippen molar-refractivity contribution in [3.05, 3.63) is 0 Å². The second kappa shape index (κ2) is 1.88. The van der Waals surface area contributed by atoms with Crippen molar-refractivity contribution >= 4 is 8.64 Å². The van der Waals surface area contributed by atoms with Crippen LogP contribution in [-0.2, 0) is 27.3 Å². The van der Waals surface area contributed by atoms with Crippen LogP contribution in [0.2, 0.25) is 0 Å². The minimum atomic E-state index is -3.76. The number of nitrogens with two attached hydrogens (primary N) is 1. The molecule has 0 saturated carbocycles. The quantitative estimate of drug-likeness (QED) is 0.376. The average molecular weight is 155 g/mol. The van der Waals surface area contributed by atoms with Crippen molar-refractivity contribution < 1.29 is 27.1 Å². The molecule has 0 aromatic rings. The van der Waals surface area contributed by atoms with Gasteiger partial charge in [-0.2, -0.15) is 0 Å². The summed E-state index contributed by atoms with van der Waals surface area (Å²) in [5, 5.41) is 0. The average Bonchev–Trinajstić information content (AvgIpc) is 1.35. The molecule has 41 valence electrons. The molecule has 6 heteroatoms. The van der Waals surface area contributed by atoms with Crippen LogP contribution in [0, 0.1) is 0 Å². The van der Waals surface area contributed by atoms with Gasteiger partial charge < -0.3 is 0 Å². The maximum absolute atomic E-state index is 9.49. The summed E-state index contributed by atoms with van der Waals surface area (Å²) in [6.45, 7) is 0. The van der Waals surface area contributed by atoms with Gasteiger partial charge in [-0.25, -0.2) is 0 Å². The fourth-order valence-corrected chi connectivity index (χ4v) is 0. The predicted octanol–water partition coefficient (Wildman–Crippen LogP) is -1.33. The zero-order valence-corrected chi connectivity index (χ0v) is 4.33. The molecule has 0 radical (unpaired) electrons. The first kappa shape index (κ1) is 6.36. The van der Waals surface area contributed by atoms with E-state index in [2.05, 4.69) is 24.5 Å². The molecule has 0 spiro atoms. The zero-order valence-electron chi connectivity index (χ0n) is 2.53. The van der Waals surface area contributed by atoms with Gasteiger partial charge in [0.1, 0.15) is 0 Å². The van der Waals surface area contributed by atoms with Crippen molar-refractivity contribution in [3.8, 4) is 0 Å². The van der Waals surface area contributed by atoms with Crippen LogP contribution in [0.5, 0.6) is 0 Å². The van der Waals surface area contributed by atoms with Gasteiger partial charge in [-0.1, -0.05) is 0 Å². The third-order valence-corrected chi connectivity index (χ3v) is 0.612. The van der Waals surface area contributed by atoms with Gasteiger partial charge in [-0.15, -0.1) is 0 Å². The van der Waals surface area contributed by atoms with Crippen LogP contribution in [0.25, 0.3) is 0 Å².